The molecule has 8 aromatic rings. The molecule has 302 valence electrons. The topological polar surface area (TPSA) is 71.2 Å². The predicted molar refractivity (Wildman–Crippen MR) is 240 cm³/mol. The van der Waals surface area contributed by atoms with Crippen LogP contribution in [-0.2, 0) is 14.2 Å². The van der Waals surface area contributed by atoms with E-state index in [0.29, 0.717) is 19.8 Å². The van der Waals surface area contributed by atoms with Crippen LogP contribution in [0.2, 0.25) is 0 Å². The van der Waals surface area contributed by atoms with Crippen molar-refractivity contribution in [2.45, 2.75) is 38.1 Å². The van der Waals surface area contributed by atoms with Gasteiger partial charge in [0.05, 0.1) is 13.2 Å². The third-order valence-corrected chi connectivity index (χ3v) is 11.4. The first kappa shape index (κ1) is 38.1. The Bertz CT molecular complexity index is 2600. The van der Waals surface area contributed by atoms with Crippen LogP contribution in [0.25, 0.3) is 65.3 Å². The maximum atomic E-state index is 6.93. The van der Waals surface area contributed by atoms with Crippen molar-refractivity contribution in [2.75, 3.05) is 46.2 Å². The number of hydrogen-bond acceptors (Lipinski definition) is 7. The maximum absolute atomic E-state index is 6.93. The first-order chi connectivity index (χ1) is 29.7. The van der Waals surface area contributed by atoms with Crippen LogP contribution in [0.15, 0.2) is 146 Å². The number of fused-ring (bicyclic) bond motifs is 4. The number of unbranched alkanes of at least 4 members (excludes halogenated alkanes) is 1. The molecule has 2 aliphatic heterocycles. The molecule has 0 bridgehead atoms. The normalized spacial score (nSPS) is 16.3. The van der Waals surface area contributed by atoms with Gasteiger partial charge in [-0.2, -0.15) is 0 Å². The van der Waals surface area contributed by atoms with Crippen LogP contribution in [-0.4, -0.2) is 64.6 Å². The van der Waals surface area contributed by atoms with Crippen LogP contribution < -0.4 is 18.9 Å². The van der Waals surface area contributed by atoms with Crippen molar-refractivity contribution in [3.8, 4) is 45.3 Å². The van der Waals surface area contributed by atoms with Crippen LogP contribution in [0, 0.1) is 0 Å². The van der Waals surface area contributed by atoms with Crippen molar-refractivity contribution in [1.29, 1.82) is 0 Å². The van der Waals surface area contributed by atoms with E-state index in [2.05, 4.69) is 153 Å². The fourth-order valence-corrected chi connectivity index (χ4v) is 8.12. The molecule has 0 aromatic heterocycles. The summed E-state index contributed by atoms with van der Waals surface area (Å²) in [6.45, 7) is 5.76. The Hall–Kier alpha value is -6.12. The van der Waals surface area contributed by atoms with Crippen LogP contribution in [0.5, 0.6) is 23.0 Å². The summed E-state index contributed by atoms with van der Waals surface area (Å²) in [4.78, 5) is 0. The van der Waals surface area contributed by atoms with E-state index in [1.807, 2.05) is 0 Å². The molecule has 0 radical (unpaired) electrons. The fourth-order valence-electron chi connectivity index (χ4n) is 8.12. The largest absolute Gasteiger partial charge is 0.490 e. The first-order valence-corrected chi connectivity index (χ1v) is 21.2. The Morgan fingerprint density at radius 1 is 0.450 bits per heavy atom. The molecular formula is C53H48O7. The summed E-state index contributed by atoms with van der Waals surface area (Å²) in [6.07, 6.45) is 1.81. The number of rotatable bonds is 18. The van der Waals surface area contributed by atoms with Gasteiger partial charge in [0, 0.05) is 28.9 Å². The highest BCUT2D eigenvalue weighted by Gasteiger charge is 2.27. The number of hydrogen-bond donors (Lipinski definition) is 0. The summed E-state index contributed by atoms with van der Waals surface area (Å²) in [5.74, 6) is 3.11. The minimum absolute atomic E-state index is 0.119. The summed E-state index contributed by atoms with van der Waals surface area (Å²) >= 11 is 0. The zero-order chi connectivity index (χ0) is 40.3. The zero-order valence-electron chi connectivity index (χ0n) is 33.8. The lowest BCUT2D eigenvalue weighted by Crippen LogP contribution is -2.29. The van der Waals surface area contributed by atoms with Crippen LogP contribution in [0.4, 0.5) is 0 Å². The fraction of sp³-hybridized carbons (Fsp3) is 0.245. The molecule has 2 heterocycles. The second-order valence-corrected chi connectivity index (χ2v) is 15.6. The van der Waals surface area contributed by atoms with Gasteiger partial charge in [0.25, 0.3) is 0 Å². The van der Waals surface area contributed by atoms with Gasteiger partial charge >= 0.3 is 0 Å². The molecule has 2 unspecified atom stereocenters. The number of epoxide rings is 2. The van der Waals surface area contributed by atoms with Gasteiger partial charge in [-0.3, -0.25) is 0 Å². The zero-order valence-corrected chi connectivity index (χ0v) is 33.8. The Morgan fingerprint density at radius 3 is 1.12 bits per heavy atom. The van der Waals surface area contributed by atoms with E-state index >= 15 is 0 Å². The average molecular weight is 797 g/mol. The molecule has 0 N–H and O–H groups in total. The van der Waals surface area contributed by atoms with Gasteiger partial charge in [-0.25, -0.2) is 0 Å². The summed E-state index contributed by atoms with van der Waals surface area (Å²) < 4.78 is 44.5. The van der Waals surface area contributed by atoms with E-state index in [-0.39, 0.29) is 31.5 Å². The van der Waals surface area contributed by atoms with Crippen molar-refractivity contribution in [3.63, 3.8) is 0 Å². The Kier molecular flexibility index (Phi) is 10.9. The predicted octanol–water partition coefficient (Wildman–Crippen LogP) is 11.8. The minimum Gasteiger partial charge on any atom is -0.490 e. The highest BCUT2D eigenvalue weighted by molar-refractivity contribution is 6.11. The molecule has 2 fully saturated rings. The molecule has 0 spiro atoms. The van der Waals surface area contributed by atoms with Crippen LogP contribution in [0.1, 0.15) is 19.8 Å². The molecule has 2 saturated heterocycles. The van der Waals surface area contributed by atoms with Gasteiger partial charge < -0.3 is 33.2 Å². The van der Waals surface area contributed by atoms with E-state index in [4.69, 9.17) is 33.2 Å². The molecule has 7 nitrogen and oxygen atoms in total. The standard InChI is InChI=1S/C53H48O7/c1-2-3-28-54-39(31-57-46-24-20-35-12-4-8-16-42(35)50(46)52-44-18-10-6-14-37(44)22-26-48(52)59-33-40-29-55-40)32-58-47-25-21-36-13-5-9-17-43(36)51(47)53-45-19-11-7-15-38(45)23-27-49(53)60-34-41-30-56-41/h4-27,39-41H,2-3,28-34H2,1H3. The van der Waals surface area contributed by atoms with Gasteiger partial charge in [-0.15, -0.1) is 0 Å². The quantitative estimate of drug-likeness (QED) is 0.0632. The third-order valence-electron chi connectivity index (χ3n) is 11.4. The van der Waals surface area contributed by atoms with Crippen LogP contribution in [0.3, 0.4) is 0 Å². The highest BCUT2D eigenvalue weighted by atomic mass is 16.6. The van der Waals surface area contributed by atoms with Crippen molar-refractivity contribution in [1.82, 2.24) is 0 Å². The molecule has 0 saturated carbocycles. The van der Waals surface area contributed by atoms with Crippen molar-refractivity contribution >= 4 is 43.1 Å². The van der Waals surface area contributed by atoms with Crippen LogP contribution >= 0.6 is 0 Å². The third kappa shape index (κ3) is 8.09. The van der Waals surface area contributed by atoms with E-state index in [1.54, 1.807) is 0 Å². The van der Waals surface area contributed by atoms with Crippen molar-refractivity contribution in [3.05, 3.63) is 146 Å². The number of benzene rings is 8. The number of ether oxygens (including phenoxy) is 7. The lowest BCUT2D eigenvalue weighted by Gasteiger charge is -2.24. The average Bonchev–Trinajstić information content (AvgIpc) is 4.25. The van der Waals surface area contributed by atoms with Gasteiger partial charge in [0.1, 0.15) is 67.7 Å². The summed E-state index contributed by atoms with van der Waals surface area (Å²) in [5, 5.41) is 8.85. The molecule has 8 aromatic carbocycles. The molecule has 0 amide bonds. The van der Waals surface area contributed by atoms with E-state index in [9.17, 15) is 0 Å². The molecule has 2 atom stereocenters. The molecule has 7 heteroatoms. The minimum atomic E-state index is -0.374. The SMILES string of the molecule is CCCCOC(COc1ccc2ccccc2c1-c1c(OCC2CO2)ccc2ccccc12)COc1ccc2ccccc2c1-c1c(OCC2CO2)ccc2ccccc12. The maximum Gasteiger partial charge on any atom is 0.128 e. The molecule has 60 heavy (non-hydrogen) atoms. The Labute approximate surface area is 350 Å². The summed E-state index contributed by atoms with van der Waals surface area (Å²) in [7, 11) is 0. The summed E-state index contributed by atoms with van der Waals surface area (Å²) in [5.41, 5.74) is 3.98. The lowest BCUT2D eigenvalue weighted by molar-refractivity contribution is -0.00808. The second-order valence-electron chi connectivity index (χ2n) is 15.6. The van der Waals surface area contributed by atoms with Gasteiger partial charge in [0.2, 0.25) is 0 Å². The van der Waals surface area contributed by atoms with Crippen molar-refractivity contribution < 1.29 is 33.2 Å². The van der Waals surface area contributed by atoms with Crippen molar-refractivity contribution in [2.24, 2.45) is 0 Å². The van der Waals surface area contributed by atoms with E-state index in [0.717, 1.165) is 114 Å². The molecule has 0 aliphatic carbocycles. The molecule has 10 rings (SSSR count). The lowest BCUT2D eigenvalue weighted by atomic mass is 9.92. The van der Waals surface area contributed by atoms with E-state index in [1.165, 1.54) is 0 Å². The van der Waals surface area contributed by atoms with Gasteiger partial charge in [0.15, 0.2) is 0 Å². The van der Waals surface area contributed by atoms with Gasteiger partial charge in [-0.05, 0) is 73.8 Å². The highest BCUT2D eigenvalue weighted by Crippen LogP contribution is 2.47. The smallest absolute Gasteiger partial charge is 0.128 e. The monoisotopic (exact) mass is 796 g/mol. The van der Waals surface area contributed by atoms with E-state index < -0.39 is 0 Å². The molecule has 2 aliphatic rings. The Balaban J connectivity index is 1.01. The second kappa shape index (κ2) is 17.2. The molecular weight excluding hydrogens is 749 g/mol. The first-order valence-electron chi connectivity index (χ1n) is 21.2. The van der Waals surface area contributed by atoms with Gasteiger partial charge in [-0.1, -0.05) is 135 Å². The Morgan fingerprint density at radius 2 is 0.783 bits per heavy atom. The summed E-state index contributed by atoms with van der Waals surface area (Å²) in [6, 6.07) is 50.6.